The van der Waals surface area contributed by atoms with Crippen molar-refractivity contribution in [1.29, 1.82) is 0 Å². The van der Waals surface area contributed by atoms with Gasteiger partial charge in [-0.1, -0.05) is 36.4 Å². The molecule has 0 aromatic heterocycles. The Morgan fingerprint density at radius 3 is 2.39 bits per heavy atom. The topological polar surface area (TPSA) is 163 Å². The maximum Gasteiger partial charge on any atom is 0.490 e. The summed E-state index contributed by atoms with van der Waals surface area (Å²) in [6.45, 7) is 1.95. The fourth-order valence-corrected chi connectivity index (χ4v) is 6.70. The van der Waals surface area contributed by atoms with Crippen LogP contribution in [0.5, 0.6) is 11.5 Å². The van der Waals surface area contributed by atoms with Crippen molar-refractivity contribution < 1.29 is 62.2 Å². The molecule has 14 heteroatoms. The molecule has 236 valence electrons. The molecule has 2 aromatic carbocycles. The van der Waals surface area contributed by atoms with Crippen LogP contribution in [0.25, 0.3) is 0 Å². The van der Waals surface area contributed by atoms with Crippen LogP contribution in [0.2, 0.25) is 0 Å². The van der Waals surface area contributed by atoms with Gasteiger partial charge in [-0.25, -0.2) is 14.4 Å². The highest BCUT2D eigenvalue weighted by Crippen LogP contribution is 2.65. The number of hydrogen-bond donors (Lipinski definition) is 4. The number of aliphatic carboxylic acids is 1. The van der Waals surface area contributed by atoms with Gasteiger partial charge in [0, 0.05) is 23.6 Å². The van der Waals surface area contributed by atoms with E-state index in [-0.39, 0.29) is 24.0 Å². The molecule has 2 aliphatic carbocycles. The third-order valence-electron chi connectivity index (χ3n) is 8.71. The largest absolute Gasteiger partial charge is 0.504 e. The second-order valence-electron chi connectivity index (χ2n) is 11.2. The number of benzene rings is 2. The van der Waals surface area contributed by atoms with Crippen molar-refractivity contribution in [1.82, 2.24) is 4.90 Å². The molecule has 6 atom stereocenters. The minimum absolute atomic E-state index is 0.0269. The number of aromatic hydroxyl groups is 1. The molecule has 0 saturated carbocycles. The summed E-state index contributed by atoms with van der Waals surface area (Å²) in [6.07, 6.45) is -5.72. The van der Waals surface area contributed by atoms with Gasteiger partial charge in [0.15, 0.2) is 17.6 Å². The van der Waals surface area contributed by atoms with Crippen molar-refractivity contribution in [2.45, 2.75) is 67.7 Å². The summed E-state index contributed by atoms with van der Waals surface area (Å²) in [7, 11) is 1.99. The molecule has 1 spiro atoms. The predicted molar refractivity (Wildman–Crippen MR) is 143 cm³/mol. The Hall–Kier alpha value is -4.14. The third kappa shape index (κ3) is 4.96. The molecule has 0 amide bonds. The number of likely N-dealkylation sites (N-methyl/N-ethyl adjacent to an activating group) is 1. The van der Waals surface area contributed by atoms with Crippen molar-refractivity contribution in [3.8, 4) is 11.5 Å². The van der Waals surface area contributed by atoms with E-state index in [9.17, 15) is 38.1 Å². The lowest BCUT2D eigenvalue weighted by Gasteiger charge is -2.61. The van der Waals surface area contributed by atoms with Gasteiger partial charge in [0.25, 0.3) is 0 Å². The number of alkyl halides is 3. The van der Waals surface area contributed by atoms with E-state index in [2.05, 4.69) is 4.90 Å². The zero-order valence-electron chi connectivity index (χ0n) is 23.6. The Kier molecular flexibility index (Phi) is 7.89. The molecule has 0 unspecified atom stereocenters. The number of halogens is 3. The molecule has 4 N–H and O–H groups in total. The van der Waals surface area contributed by atoms with Crippen molar-refractivity contribution in [2.75, 3.05) is 13.6 Å². The number of hydrogen-bond acceptors (Lipinski definition) is 10. The number of aliphatic hydroxyl groups excluding tert-OH is 1. The predicted octanol–water partition coefficient (Wildman–Crippen LogP) is 2.51. The van der Waals surface area contributed by atoms with E-state index in [0.717, 1.165) is 11.1 Å². The van der Waals surface area contributed by atoms with Crippen molar-refractivity contribution in [3.05, 3.63) is 71.0 Å². The number of carboxylic acids is 1. The molecule has 11 nitrogen and oxygen atoms in total. The molecular weight excluding hydrogens is 591 g/mol. The molecule has 2 aromatic rings. The van der Waals surface area contributed by atoms with Gasteiger partial charge in [0.2, 0.25) is 6.10 Å². The lowest BCUT2D eigenvalue weighted by molar-refractivity contribution is -0.192. The van der Waals surface area contributed by atoms with Gasteiger partial charge in [-0.05, 0) is 51.1 Å². The maximum absolute atomic E-state index is 13.5. The second-order valence-corrected chi connectivity index (χ2v) is 11.2. The smallest absolute Gasteiger partial charge is 0.490 e. The molecular formula is C30H30F3NO10. The van der Waals surface area contributed by atoms with Crippen LogP contribution in [0.3, 0.4) is 0 Å². The first-order chi connectivity index (χ1) is 20.6. The summed E-state index contributed by atoms with van der Waals surface area (Å²) < 4.78 is 49.2. The first-order valence-electron chi connectivity index (χ1n) is 13.7. The van der Waals surface area contributed by atoms with Crippen LogP contribution in [0, 0.1) is 0 Å². The molecule has 2 aliphatic heterocycles. The van der Waals surface area contributed by atoms with Gasteiger partial charge in [0.1, 0.15) is 11.9 Å². The zero-order chi connectivity index (χ0) is 32.2. The summed E-state index contributed by atoms with van der Waals surface area (Å²) in [5.74, 6) is -4.07. The quantitative estimate of drug-likeness (QED) is 0.363. The average Bonchev–Trinajstić information content (AvgIpc) is 3.33. The van der Waals surface area contributed by atoms with E-state index < -0.39 is 53.4 Å². The number of piperidine rings is 1. The van der Waals surface area contributed by atoms with Crippen LogP contribution in [0.4, 0.5) is 13.2 Å². The van der Waals surface area contributed by atoms with Gasteiger partial charge >= 0.3 is 24.1 Å². The average molecular weight is 622 g/mol. The van der Waals surface area contributed by atoms with Crippen molar-refractivity contribution >= 4 is 17.9 Å². The van der Waals surface area contributed by atoms with Crippen LogP contribution < -0.4 is 4.74 Å². The Morgan fingerprint density at radius 2 is 1.77 bits per heavy atom. The molecule has 4 aliphatic rings. The minimum Gasteiger partial charge on any atom is -0.504 e. The number of esters is 2. The molecule has 2 bridgehead atoms. The third-order valence-corrected chi connectivity index (χ3v) is 8.71. The van der Waals surface area contributed by atoms with E-state index in [0.29, 0.717) is 30.7 Å². The van der Waals surface area contributed by atoms with E-state index in [1.165, 1.54) is 6.92 Å². The normalized spacial score (nSPS) is 27.8. The first-order valence-corrected chi connectivity index (χ1v) is 13.7. The van der Waals surface area contributed by atoms with Gasteiger partial charge < -0.3 is 39.5 Å². The number of phenolic OH excluding ortho intramolecular Hbond substituents is 1. The minimum atomic E-state index is -5.08. The number of carbonyl (C=O) groups is 3. The Bertz CT molecular complexity index is 1510. The maximum atomic E-state index is 13.5. The fraction of sp³-hybridized carbons (Fsp3) is 0.433. The second kappa shape index (κ2) is 11.1. The first kappa shape index (κ1) is 31.3. The number of ether oxygens (including phenoxy) is 3. The lowest BCUT2D eigenvalue weighted by atomic mass is 9.50. The van der Waals surface area contributed by atoms with E-state index in [1.807, 2.05) is 13.1 Å². The summed E-state index contributed by atoms with van der Waals surface area (Å²) in [6, 6.07) is 11.7. The zero-order valence-corrected chi connectivity index (χ0v) is 23.6. The van der Waals surface area contributed by atoms with Crippen LogP contribution in [-0.2, 0) is 35.7 Å². The molecule has 0 radical (unpaired) electrons. The number of phenols is 1. The molecule has 1 saturated heterocycles. The number of carboxylic acid groups (broad SMARTS) is 1. The SMILES string of the molecule is C[C@H](O)C(=O)O[C@H](C(=O)OC1=CC[C@@]2(O)[C@H]3Cc4ccc(O)c5c4[C@@]2(CCN3C)[C@H]1O5)c1ccccc1.O=C(O)C(F)(F)F. The highest BCUT2D eigenvalue weighted by Gasteiger charge is 2.72. The van der Waals surface area contributed by atoms with E-state index in [4.69, 9.17) is 24.1 Å². The standard InChI is InChI=1S/C28H29NO8.C2HF3O2/c1-15(30)25(32)37-22(16-6-4-3-5-7-16)26(33)35-19-10-11-28(34)20-14-17-8-9-18(31)23-21(17)27(28,24(19)36-23)12-13-29(20)2;3-2(4,5)1(6)7/h3-10,15,20,22,24,30-31,34H,11-14H2,1-2H3;(H,6,7)/t15-,20+,22-,24-,27-,28+;/m0./s1. The van der Waals surface area contributed by atoms with Gasteiger partial charge in [-0.3, -0.25) is 0 Å². The lowest BCUT2D eigenvalue weighted by Crippen LogP contribution is -2.74. The fourth-order valence-electron chi connectivity index (χ4n) is 6.70. The Morgan fingerprint density at radius 1 is 1.11 bits per heavy atom. The van der Waals surface area contributed by atoms with Crippen LogP contribution in [0.1, 0.15) is 42.6 Å². The van der Waals surface area contributed by atoms with E-state index in [1.54, 1.807) is 42.5 Å². The number of rotatable bonds is 5. The molecule has 6 rings (SSSR count). The van der Waals surface area contributed by atoms with Gasteiger partial charge in [-0.2, -0.15) is 13.2 Å². The highest BCUT2D eigenvalue weighted by atomic mass is 19.4. The number of likely N-dealkylation sites (tertiary alicyclic amines) is 1. The monoisotopic (exact) mass is 621 g/mol. The van der Waals surface area contributed by atoms with Crippen molar-refractivity contribution in [2.24, 2.45) is 0 Å². The molecule has 1 fully saturated rings. The van der Waals surface area contributed by atoms with E-state index >= 15 is 0 Å². The summed E-state index contributed by atoms with van der Waals surface area (Å²) in [5.41, 5.74) is 0.0716. The number of nitrogens with zero attached hydrogens (tertiary/aromatic N) is 1. The highest BCUT2D eigenvalue weighted by molar-refractivity contribution is 5.83. The summed E-state index contributed by atoms with van der Waals surface area (Å²) in [5, 5.41) is 39.7. The summed E-state index contributed by atoms with van der Waals surface area (Å²) >= 11 is 0. The van der Waals surface area contributed by atoms with Gasteiger partial charge in [0.05, 0.1) is 11.0 Å². The van der Waals surface area contributed by atoms with Crippen LogP contribution in [-0.4, -0.2) is 86.9 Å². The Labute approximate surface area is 249 Å². The summed E-state index contributed by atoms with van der Waals surface area (Å²) in [4.78, 5) is 36.7. The number of aliphatic hydroxyl groups is 2. The Balaban J connectivity index is 0.000000493. The molecule has 44 heavy (non-hydrogen) atoms. The van der Waals surface area contributed by atoms with Crippen LogP contribution in [0.15, 0.2) is 54.3 Å². The van der Waals surface area contributed by atoms with Crippen LogP contribution >= 0.6 is 0 Å². The van der Waals surface area contributed by atoms with Crippen molar-refractivity contribution in [3.63, 3.8) is 0 Å². The number of carbonyl (C=O) groups excluding carboxylic acids is 2. The molecule has 2 heterocycles. The van der Waals surface area contributed by atoms with Gasteiger partial charge in [-0.15, -0.1) is 0 Å².